The number of imide groups is 1. The van der Waals surface area contributed by atoms with E-state index in [0.29, 0.717) is 18.5 Å². The van der Waals surface area contributed by atoms with Crippen molar-refractivity contribution in [3.05, 3.63) is 75.0 Å². The summed E-state index contributed by atoms with van der Waals surface area (Å²) in [6, 6.07) is 11.4. The molecule has 1 aliphatic heterocycles. The van der Waals surface area contributed by atoms with Gasteiger partial charge in [0.1, 0.15) is 5.70 Å². The number of hydrogen-bond donors (Lipinski definition) is 1. The van der Waals surface area contributed by atoms with Gasteiger partial charge in [0.25, 0.3) is 17.5 Å². The SMILES string of the molecule is CCCN1C(=O)C(Nc2ccc(C)cc2C)=C(c2ccc([N+](=O)[O-])cc2)C1=O. The second-order valence-electron chi connectivity index (χ2n) is 6.76. The van der Waals surface area contributed by atoms with Gasteiger partial charge in [0.05, 0.1) is 10.5 Å². The van der Waals surface area contributed by atoms with Crippen LogP contribution in [0, 0.1) is 24.0 Å². The van der Waals surface area contributed by atoms with Gasteiger partial charge < -0.3 is 5.32 Å². The third-order valence-electron chi connectivity index (χ3n) is 4.62. The Balaban J connectivity index is 2.08. The minimum atomic E-state index is -0.502. The molecule has 2 aromatic rings. The summed E-state index contributed by atoms with van der Waals surface area (Å²) >= 11 is 0. The summed E-state index contributed by atoms with van der Waals surface area (Å²) in [5.74, 6) is -0.784. The van der Waals surface area contributed by atoms with Gasteiger partial charge in [-0.1, -0.05) is 24.6 Å². The molecule has 0 aliphatic carbocycles. The Morgan fingerprint density at radius 3 is 2.29 bits per heavy atom. The van der Waals surface area contributed by atoms with Crippen molar-refractivity contribution in [3.63, 3.8) is 0 Å². The monoisotopic (exact) mass is 379 g/mol. The Bertz CT molecular complexity index is 993. The number of aryl methyl sites for hydroxylation is 2. The normalized spacial score (nSPS) is 14.0. The average molecular weight is 379 g/mol. The number of benzene rings is 2. The topological polar surface area (TPSA) is 92.6 Å². The second kappa shape index (κ2) is 7.64. The van der Waals surface area contributed by atoms with Gasteiger partial charge in [0.2, 0.25) is 0 Å². The van der Waals surface area contributed by atoms with E-state index in [0.717, 1.165) is 16.8 Å². The number of nitrogens with zero attached hydrogens (tertiary/aromatic N) is 2. The van der Waals surface area contributed by atoms with Crippen molar-refractivity contribution in [1.82, 2.24) is 4.90 Å². The number of nitro benzene ring substituents is 1. The van der Waals surface area contributed by atoms with Crippen LogP contribution in [0.4, 0.5) is 11.4 Å². The van der Waals surface area contributed by atoms with Crippen LogP contribution in [0.15, 0.2) is 48.2 Å². The van der Waals surface area contributed by atoms with E-state index in [1.165, 1.54) is 29.2 Å². The smallest absolute Gasteiger partial charge is 0.278 e. The fourth-order valence-electron chi connectivity index (χ4n) is 3.22. The molecule has 28 heavy (non-hydrogen) atoms. The van der Waals surface area contributed by atoms with E-state index in [2.05, 4.69) is 5.32 Å². The molecule has 0 fully saturated rings. The minimum Gasteiger partial charge on any atom is -0.350 e. The molecule has 0 saturated heterocycles. The van der Waals surface area contributed by atoms with Crippen LogP contribution in [0.3, 0.4) is 0 Å². The lowest BCUT2D eigenvalue weighted by Crippen LogP contribution is -2.33. The zero-order valence-corrected chi connectivity index (χ0v) is 16.0. The summed E-state index contributed by atoms with van der Waals surface area (Å²) in [4.78, 5) is 37.5. The number of carbonyl (C=O) groups excluding carboxylic acids is 2. The van der Waals surface area contributed by atoms with Gasteiger partial charge in [-0.25, -0.2) is 0 Å². The number of nitrogens with one attached hydrogen (secondary N) is 1. The van der Waals surface area contributed by atoms with Gasteiger partial charge in [-0.15, -0.1) is 0 Å². The number of hydrogen-bond acceptors (Lipinski definition) is 5. The molecule has 144 valence electrons. The van der Waals surface area contributed by atoms with E-state index >= 15 is 0 Å². The molecule has 7 heteroatoms. The van der Waals surface area contributed by atoms with Crippen molar-refractivity contribution >= 4 is 28.8 Å². The molecule has 0 bridgehead atoms. The Morgan fingerprint density at radius 2 is 1.71 bits per heavy atom. The molecule has 0 aromatic heterocycles. The molecule has 2 amide bonds. The molecule has 1 aliphatic rings. The maximum Gasteiger partial charge on any atom is 0.278 e. The third-order valence-corrected chi connectivity index (χ3v) is 4.62. The van der Waals surface area contributed by atoms with Gasteiger partial charge in [-0.2, -0.15) is 0 Å². The molecule has 0 radical (unpaired) electrons. The first-order valence-electron chi connectivity index (χ1n) is 9.03. The van der Waals surface area contributed by atoms with Crippen LogP contribution in [0.1, 0.15) is 30.0 Å². The quantitative estimate of drug-likeness (QED) is 0.468. The third kappa shape index (κ3) is 3.51. The van der Waals surface area contributed by atoms with E-state index in [9.17, 15) is 19.7 Å². The van der Waals surface area contributed by atoms with E-state index in [-0.39, 0.29) is 22.9 Å². The van der Waals surface area contributed by atoms with E-state index < -0.39 is 10.8 Å². The lowest BCUT2D eigenvalue weighted by atomic mass is 10.0. The predicted molar refractivity (Wildman–Crippen MR) is 107 cm³/mol. The van der Waals surface area contributed by atoms with Crippen molar-refractivity contribution in [2.45, 2.75) is 27.2 Å². The summed E-state index contributed by atoms with van der Waals surface area (Å²) in [7, 11) is 0. The van der Waals surface area contributed by atoms with Crippen molar-refractivity contribution in [1.29, 1.82) is 0 Å². The molecule has 1 heterocycles. The molecular weight excluding hydrogens is 358 g/mol. The Kier molecular flexibility index (Phi) is 5.26. The molecular formula is C21H21N3O4. The van der Waals surface area contributed by atoms with Crippen LogP contribution in [0.2, 0.25) is 0 Å². The first kappa shape index (κ1) is 19.3. The number of amides is 2. The standard InChI is InChI=1S/C21H21N3O4/c1-4-11-23-20(25)18(15-6-8-16(9-7-15)24(27)28)19(21(23)26)22-17-10-5-13(2)12-14(17)3/h5-10,12,22H,4,11H2,1-3H3. The Hall–Kier alpha value is -3.48. The number of nitro groups is 1. The average Bonchev–Trinajstić information content (AvgIpc) is 2.88. The van der Waals surface area contributed by atoms with Crippen LogP contribution < -0.4 is 5.32 Å². The fourth-order valence-corrected chi connectivity index (χ4v) is 3.22. The number of carbonyl (C=O) groups is 2. The summed E-state index contributed by atoms with van der Waals surface area (Å²) in [6.07, 6.45) is 0.641. The van der Waals surface area contributed by atoms with E-state index in [4.69, 9.17) is 0 Å². The van der Waals surface area contributed by atoms with Crippen LogP contribution >= 0.6 is 0 Å². The first-order valence-corrected chi connectivity index (χ1v) is 9.03. The van der Waals surface area contributed by atoms with Gasteiger partial charge in [-0.3, -0.25) is 24.6 Å². The van der Waals surface area contributed by atoms with Crippen LogP contribution in [0.5, 0.6) is 0 Å². The largest absolute Gasteiger partial charge is 0.350 e. The van der Waals surface area contributed by atoms with E-state index in [1.54, 1.807) is 0 Å². The zero-order chi connectivity index (χ0) is 20.4. The van der Waals surface area contributed by atoms with Gasteiger partial charge in [0, 0.05) is 24.4 Å². The zero-order valence-electron chi connectivity index (χ0n) is 16.0. The van der Waals surface area contributed by atoms with Crippen LogP contribution in [-0.2, 0) is 9.59 Å². The minimum absolute atomic E-state index is 0.0737. The van der Waals surface area contributed by atoms with Crippen molar-refractivity contribution in [2.24, 2.45) is 0 Å². The summed E-state index contributed by atoms with van der Waals surface area (Å²) in [5.41, 5.74) is 3.59. The van der Waals surface area contributed by atoms with Crippen molar-refractivity contribution < 1.29 is 14.5 Å². The molecule has 0 atom stereocenters. The number of anilines is 1. The highest BCUT2D eigenvalue weighted by Gasteiger charge is 2.38. The number of rotatable bonds is 6. The van der Waals surface area contributed by atoms with Crippen molar-refractivity contribution in [3.8, 4) is 0 Å². The molecule has 1 N–H and O–H groups in total. The Morgan fingerprint density at radius 1 is 1.04 bits per heavy atom. The lowest BCUT2D eigenvalue weighted by molar-refractivity contribution is -0.384. The maximum atomic E-state index is 12.9. The highest BCUT2D eigenvalue weighted by molar-refractivity contribution is 6.36. The van der Waals surface area contributed by atoms with Gasteiger partial charge in [-0.05, 0) is 49.6 Å². The van der Waals surface area contributed by atoms with E-state index in [1.807, 2.05) is 39.0 Å². The number of non-ortho nitro benzene ring substituents is 1. The van der Waals surface area contributed by atoms with Gasteiger partial charge >= 0.3 is 0 Å². The highest BCUT2D eigenvalue weighted by Crippen LogP contribution is 2.32. The highest BCUT2D eigenvalue weighted by atomic mass is 16.6. The fraction of sp³-hybridized carbons (Fsp3) is 0.238. The molecule has 3 rings (SSSR count). The van der Waals surface area contributed by atoms with Crippen molar-refractivity contribution in [2.75, 3.05) is 11.9 Å². The Labute approximate surface area is 162 Å². The molecule has 2 aromatic carbocycles. The lowest BCUT2D eigenvalue weighted by Gasteiger charge is -2.14. The second-order valence-corrected chi connectivity index (χ2v) is 6.76. The first-order chi connectivity index (χ1) is 13.3. The van der Waals surface area contributed by atoms with Gasteiger partial charge in [0.15, 0.2) is 0 Å². The van der Waals surface area contributed by atoms with Crippen LogP contribution in [0.25, 0.3) is 5.57 Å². The van der Waals surface area contributed by atoms with Crippen LogP contribution in [-0.4, -0.2) is 28.2 Å². The molecule has 0 unspecified atom stereocenters. The summed E-state index contributed by atoms with van der Waals surface area (Å²) in [6.45, 7) is 6.10. The predicted octanol–water partition coefficient (Wildman–Crippen LogP) is 3.81. The maximum absolute atomic E-state index is 12.9. The molecule has 0 spiro atoms. The molecule has 7 nitrogen and oxygen atoms in total. The summed E-state index contributed by atoms with van der Waals surface area (Å²) < 4.78 is 0. The summed E-state index contributed by atoms with van der Waals surface area (Å²) in [5, 5.41) is 14.0. The molecule has 0 saturated carbocycles.